The molecule has 7 heteroatoms. The van der Waals surface area contributed by atoms with Gasteiger partial charge in [-0.3, -0.25) is 4.79 Å². The number of anilines is 1. The van der Waals surface area contributed by atoms with Crippen molar-refractivity contribution in [3.8, 4) is 10.6 Å². The van der Waals surface area contributed by atoms with Crippen molar-refractivity contribution >= 4 is 23.1 Å². The third-order valence-electron chi connectivity index (χ3n) is 4.53. The second-order valence-electron chi connectivity index (χ2n) is 6.16. The molecule has 0 aliphatic carbocycles. The summed E-state index contributed by atoms with van der Waals surface area (Å²) in [6.45, 7) is 4.95. The summed E-state index contributed by atoms with van der Waals surface area (Å²) in [5, 5.41) is 3.10. The smallest absolute Gasteiger partial charge is 0.289 e. The molecule has 4 rings (SSSR count). The maximum atomic E-state index is 12.3. The molecule has 0 atom stereocenters. The molecule has 1 fully saturated rings. The average Bonchev–Trinajstić information content (AvgIpc) is 3.40. The van der Waals surface area contributed by atoms with Crippen molar-refractivity contribution in [1.82, 2.24) is 14.9 Å². The molecule has 4 heterocycles. The molecular formula is C19H20N4O2S. The number of nitrogens with zero attached hydrogens (tertiary/aromatic N) is 4. The van der Waals surface area contributed by atoms with E-state index in [1.54, 1.807) is 23.5 Å². The van der Waals surface area contributed by atoms with Gasteiger partial charge in [0.15, 0.2) is 5.76 Å². The molecular weight excluding hydrogens is 348 g/mol. The molecule has 6 nitrogen and oxygen atoms in total. The molecule has 1 saturated heterocycles. The SMILES string of the molecule is CCc1csc(-c2ccc(N3CCN(C(=O)c4ccco4)CC3)nc2)n1. The lowest BCUT2D eigenvalue weighted by Crippen LogP contribution is -2.49. The Hall–Kier alpha value is -2.67. The lowest BCUT2D eigenvalue weighted by atomic mass is 10.2. The summed E-state index contributed by atoms with van der Waals surface area (Å²) in [4.78, 5) is 25.6. The van der Waals surface area contributed by atoms with Crippen LogP contribution in [0.5, 0.6) is 0 Å². The molecule has 134 valence electrons. The van der Waals surface area contributed by atoms with Crippen LogP contribution in [0.4, 0.5) is 5.82 Å². The van der Waals surface area contributed by atoms with Crippen molar-refractivity contribution in [3.05, 3.63) is 53.6 Å². The minimum Gasteiger partial charge on any atom is -0.459 e. The predicted molar refractivity (Wildman–Crippen MR) is 102 cm³/mol. The van der Waals surface area contributed by atoms with Crippen molar-refractivity contribution in [1.29, 1.82) is 0 Å². The Morgan fingerprint density at radius 3 is 2.69 bits per heavy atom. The molecule has 0 bridgehead atoms. The van der Waals surface area contributed by atoms with Gasteiger partial charge in [-0.2, -0.15) is 0 Å². The molecule has 3 aromatic rings. The standard InChI is InChI=1S/C19H20N4O2S/c1-2-15-13-26-18(21-15)14-5-6-17(20-12-14)22-7-9-23(10-8-22)19(24)16-4-3-11-25-16/h3-6,11-13H,2,7-10H2,1H3. The van der Waals surface area contributed by atoms with Crippen molar-refractivity contribution in [2.45, 2.75) is 13.3 Å². The van der Waals surface area contributed by atoms with Gasteiger partial charge >= 0.3 is 0 Å². The van der Waals surface area contributed by atoms with Gasteiger partial charge in [-0.25, -0.2) is 9.97 Å². The highest BCUT2D eigenvalue weighted by Gasteiger charge is 2.24. The van der Waals surface area contributed by atoms with Crippen LogP contribution in [0.2, 0.25) is 0 Å². The maximum Gasteiger partial charge on any atom is 0.289 e. The van der Waals surface area contributed by atoms with Crippen molar-refractivity contribution in [3.63, 3.8) is 0 Å². The molecule has 1 amide bonds. The van der Waals surface area contributed by atoms with Gasteiger partial charge in [-0.05, 0) is 30.7 Å². The van der Waals surface area contributed by atoms with Crippen LogP contribution in [0.1, 0.15) is 23.2 Å². The molecule has 0 unspecified atom stereocenters. The van der Waals surface area contributed by atoms with Crippen LogP contribution in [-0.4, -0.2) is 47.0 Å². The van der Waals surface area contributed by atoms with Gasteiger partial charge in [0, 0.05) is 43.3 Å². The van der Waals surface area contributed by atoms with Crippen LogP contribution in [0.3, 0.4) is 0 Å². The number of piperazine rings is 1. The fraction of sp³-hybridized carbons (Fsp3) is 0.316. The highest BCUT2D eigenvalue weighted by Crippen LogP contribution is 2.25. The molecule has 0 N–H and O–H groups in total. The van der Waals surface area contributed by atoms with E-state index in [2.05, 4.69) is 33.2 Å². The molecule has 26 heavy (non-hydrogen) atoms. The van der Waals surface area contributed by atoms with Gasteiger partial charge in [0.1, 0.15) is 10.8 Å². The topological polar surface area (TPSA) is 62.5 Å². The van der Waals surface area contributed by atoms with Crippen molar-refractivity contribution < 1.29 is 9.21 Å². The number of rotatable bonds is 4. The third-order valence-corrected chi connectivity index (χ3v) is 5.47. The molecule has 1 aliphatic rings. The number of pyridine rings is 1. The van der Waals surface area contributed by atoms with E-state index in [0.29, 0.717) is 18.8 Å². The fourth-order valence-corrected chi connectivity index (χ4v) is 3.89. The third kappa shape index (κ3) is 3.35. The second-order valence-corrected chi connectivity index (χ2v) is 7.02. The predicted octanol–water partition coefficient (Wildman–Crippen LogP) is 3.32. The normalized spacial score (nSPS) is 14.7. The lowest BCUT2D eigenvalue weighted by molar-refractivity contribution is 0.0714. The second kappa shape index (κ2) is 7.29. The van der Waals surface area contributed by atoms with Gasteiger partial charge in [0.2, 0.25) is 0 Å². The van der Waals surface area contributed by atoms with E-state index in [0.717, 1.165) is 41.6 Å². The molecule has 0 aromatic carbocycles. The largest absolute Gasteiger partial charge is 0.459 e. The summed E-state index contributed by atoms with van der Waals surface area (Å²) in [7, 11) is 0. The number of hydrogen-bond acceptors (Lipinski definition) is 6. The number of hydrogen-bond donors (Lipinski definition) is 0. The van der Waals surface area contributed by atoms with Crippen LogP contribution in [0, 0.1) is 0 Å². The monoisotopic (exact) mass is 368 g/mol. The highest BCUT2D eigenvalue weighted by atomic mass is 32.1. The van der Waals surface area contributed by atoms with E-state index >= 15 is 0 Å². The molecule has 0 saturated carbocycles. The van der Waals surface area contributed by atoms with Gasteiger partial charge < -0.3 is 14.2 Å². The first-order valence-electron chi connectivity index (χ1n) is 8.73. The molecule has 3 aromatic heterocycles. The zero-order chi connectivity index (χ0) is 17.9. The minimum absolute atomic E-state index is 0.0477. The quantitative estimate of drug-likeness (QED) is 0.707. The van der Waals surface area contributed by atoms with Crippen molar-refractivity contribution in [2.75, 3.05) is 31.1 Å². The van der Waals surface area contributed by atoms with Crippen LogP contribution in [-0.2, 0) is 6.42 Å². The van der Waals surface area contributed by atoms with Crippen LogP contribution >= 0.6 is 11.3 Å². The van der Waals surface area contributed by atoms with E-state index in [1.807, 2.05) is 17.2 Å². The molecule has 1 aliphatic heterocycles. The van der Waals surface area contributed by atoms with Crippen LogP contribution in [0.15, 0.2) is 46.5 Å². The zero-order valence-electron chi connectivity index (χ0n) is 14.6. The van der Waals surface area contributed by atoms with Crippen LogP contribution in [0.25, 0.3) is 10.6 Å². The first-order valence-corrected chi connectivity index (χ1v) is 9.61. The molecule has 0 spiro atoms. The maximum absolute atomic E-state index is 12.3. The highest BCUT2D eigenvalue weighted by molar-refractivity contribution is 7.13. The lowest BCUT2D eigenvalue weighted by Gasteiger charge is -2.35. The fourth-order valence-electron chi connectivity index (χ4n) is 3.00. The Morgan fingerprint density at radius 2 is 2.08 bits per heavy atom. The van der Waals surface area contributed by atoms with E-state index in [9.17, 15) is 4.79 Å². The van der Waals surface area contributed by atoms with Crippen molar-refractivity contribution in [2.24, 2.45) is 0 Å². The van der Waals surface area contributed by atoms with E-state index in [-0.39, 0.29) is 5.91 Å². The minimum atomic E-state index is -0.0477. The number of carbonyl (C=O) groups is 1. The van der Waals surface area contributed by atoms with E-state index in [4.69, 9.17) is 4.42 Å². The first kappa shape index (κ1) is 16.8. The average molecular weight is 368 g/mol. The number of amides is 1. The summed E-state index contributed by atoms with van der Waals surface area (Å²) in [6, 6.07) is 7.55. The van der Waals surface area contributed by atoms with Gasteiger partial charge in [0.25, 0.3) is 5.91 Å². The van der Waals surface area contributed by atoms with Crippen LogP contribution < -0.4 is 4.90 Å². The number of furan rings is 1. The summed E-state index contributed by atoms with van der Waals surface area (Å²) in [5.41, 5.74) is 2.16. The summed E-state index contributed by atoms with van der Waals surface area (Å²) < 4.78 is 5.20. The Labute approximate surface area is 156 Å². The Balaban J connectivity index is 1.39. The number of thiazole rings is 1. The Bertz CT molecular complexity index is 865. The number of aryl methyl sites for hydroxylation is 1. The van der Waals surface area contributed by atoms with Gasteiger partial charge in [0.05, 0.1) is 12.0 Å². The summed E-state index contributed by atoms with van der Waals surface area (Å²) >= 11 is 1.65. The number of carbonyl (C=O) groups excluding carboxylic acids is 1. The first-order chi connectivity index (χ1) is 12.7. The van der Waals surface area contributed by atoms with E-state index < -0.39 is 0 Å². The summed E-state index contributed by atoms with van der Waals surface area (Å²) in [6.07, 6.45) is 4.36. The van der Waals surface area contributed by atoms with Gasteiger partial charge in [-0.1, -0.05) is 6.92 Å². The summed E-state index contributed by atoms with van der Waals surface area (Å²) in [5.74, 6) is 1.29. The van der Waals surface area contributed by atoms with Gasteiger partial charge in [-0.15, -0.1) is 11.3 Å². The Kier molecular flexibility index (Phi) is 4.71. The van der Waals surface area contributed by atoms with E-state index in [1.165, 1.54) is 6.26 Å². The molecule has 0 radical (unpaired) electrons. The number of aromatic nitrogens is 2. The Morgan fingerprint density at radius 1 is 1.23 bits per heavy atom. The zero-order valence-corrected chi connectivity index (χ0v) is 15.4.